The summed E-state index contributed by atoms with van der Waals surface area (Å²) in [6, 6.07) is 14.8. The van der Waals surface area contributed by atoms with E-state index in [1.54, 1.807) is 0 Å². The second kappa shape index (κ2) is 9.37. The molecule has 2 aromatic rings. The van der Waals surface area contributed by atoms with Gasteiger partial charge in [-0.1, -0.05) is 45.8 Å². The third-order valence-electron chi connectivity index (χ3n) is 4.74. The van der Waals surface area contributed by atoms with Crippen LogP contribution in [0.1, 0.15) is 29.5 Å². The standard InChI is InChI=1S/C21H27BrN2O/c1-16-2-4-18(5-3-16)15-25-21-7-6-20(22)12-19(21)14-24-13-17-8-10-23-11-9-17/h2-7,12,17,23-24H,8-11,13-15H2,1H3. The Balaban J connectivity index is 1.56. The van der Waals surface area contributed by atoms with Crippen molar-refractivity contribution in [2.75, 3.05) is 19.6 Å². The van der Waals surface area contributed by atoms with Crippen LogP contribution in [0.4, 0.5) is 0 Å². The summed E-state index contributed by atoms with van der Waals surface area (Å²) >= 11 is 3.58. The van der Waals surface area contributed by atoms with E-state index in [2.05, 4.69) is 69.9 Å². The molecule has 2 aromatic carbocycles. The van der Waals surface area contributed by atoms with E-state index in [1.807, 2.05) is 6.07 Å². The number of ether oxygens (including phenoxy) is 1. The minimum absolute atomic E-state index is 0.600. The van der Waals surface area contributed by atoms with Crippen LogP contribution in [0, 0.1) is 12.8 Å². The molecule has 134 valence electrons. The van der Waals surface area contributed by atoms with E-state index >= 15 is 0 Å². The molecule has 0 radical (unpaired) electrons. The fraction of sp³-hybridized carbons (Fsp3) is 0.429. The number of hydrogen-bond acceptors (Lipinski definition) is 3. The van der Waals surface area contributed by atoms with E-state index in [1.165, 1.54) is 29.5 Å². The number of benzene rings is 2. The fourth-order valence-electron chi connectivity index (χ4n) is 3.17. The number of halogens is 1. The van der Waals surface area contributed by atoms with Gasteiger partial charge in [0.1, 0.15) is 12.4 Å². The van der Waals surface area contributed by atoms with Crippen LogP contribution < -0.4 is 15.4 Å². The van der Waals surface area contributed by atoms with Gasteiger partial charge in [-0.25, -0.2) is 0 Å². The first-order valence-corrected chi connectivity index (χ1v) is 9.88. The van der Waals surface area contributed by atoms with Gasteiger partial charge < -0.3 is 15.4 Å². The Hall–Kier alpha value is -1.36. The molecule has 0 amide bonds. The van der Waals surface area contributed by atoms with Gasteiger partial charge in [-0.3, -0.25) is 0 Å². The van der Waals surface area contributed by atoms with E-state index in [4.69, 9.17) is 4.74 Å². The first-order chi connectivity index (χ1) is 12.2. The van der Waals surface area contributed by atoms with Crippen molar-refractivity contribution in [1.82, 2.24) is 10.6 Å². The van der Waals surface area contributed by atoms with E-state index in [9.17, 15) is 0 Å². The molecule has 0 bridgehead atoms. The molecule has 4 heteroatoms. The molecule has 1 saturated heterocycles. The Morgan fingerprint density at radius 2 is 1.88 bits per heavy atom. The van der Waals surface area contributed by atoms with Crippen molar-refractivity contribution >= 4 is 15.9 Å². The average Bonchev–Trinajstić information content (AvgIpc) is 2.63. The zero-order valence-electron chi connectivity index (χ0n) is 14.9. The summed E-state index contributed by atoms with van der Waals surface area (Å²) in [4.78, 5) is 0. The van der Waals surface area contributed by atoms with Crippen LogP contribution in [0.25, 0.3) is 0 Å². The van der Waals surface area contributed by atoms with Crippen molar-refractivity contribution in [3.05, 3.63) is 63.6 Å². The Morgan fingerprint density at radius 3 is 2.64 bits per heavy atom. The smallest absolute Gasteiger partial charge is 0.124 e. The summed E-state index contributed by atoms with van der Waals surface area (Å²) in [5.74, 6) is 1.74. The Labute approximate surface area is 159 Å². The van der Waals surface area contributed by atoms with Crippen LogP contribution in [-0.4, -0.2) is 19.6 Å². The van der Waals surface area contributed by atoms with Gasteiger partial charge in [-0.05, 0) is 69.1 Å². The van der Waals surface area contributed by atoms with Gasteiger partial charge in [0.15, 0.2) is 0 Å². The van der Waals surface area contributed by atoms with Crippen molar-refractivity contribution in [1.29, 1.82) is 0 Å². The Kier molecular flexibility index (Phi) is 6.91. The third-order valence-corrected chi connectivity index (χ3v) is 5.24. The molecule has 1 aliphatic rings. The highest BCUT2D eigenvalue weighted by Gasteiger charge is 2.13. The van der Waals surface area contributed by atoms with E-state index in [-0.39, 0.29) is 0 Å². The highest BCUT2D eigenvalue weighted by atomic mass is 79.9. The maximum atomic E-state index is 6.09. The lowest BCUT2D eigenvalue weighted by Crippen LogP contribution is -2.33. The van der Waals surface area contributed by atoms with Crippen LogP contribution in [-0.2, 0) is 13.2 Å². The molecule has 1 aliphatic heterocycles. The largest absolute Gasteiger partial charge is 0.489 e. The van der Waals surface area contributed by atoms with Gasteiger partial charge >= 0.3 is 0 Å². The lowest BCUT2D eigenvalue weighted by Gasteiger charge is -2.23. The minimum Gasteiger partial charge on any atom is -0.489 e. The highest BCUT2D eigenvalue weighted by Crippen LogP contribution is 2.24. The monoisotopic (exact) mass is 402 g/mol. The predicted octanol–water partition coefficient (Wildman–Crippen LogP) is 4.43. The molecule has 25 heavy (non-hydrogen) atoms. The third kappa shape index (κ3) is 5.84. The second-order valence-electron chi connectivity index (χ2n) is 6.85. The molecule has 0 spiro atoms. The van der Waals surface area contributed by atoms with Crippen molar-refractivity contribution in [2.45, 2.75) is 32.9 Å². The molecule has 3 rings (SSSR count). The summed E-state index contributed by atoms with van der Waals surface area (Å²) in [7, 11) is 0. The average molecular weight is 403 g/mol. The quantitative estimate of drug-likeness (QED) is 0.718. The predicted molar refractivity (Wildman–Crippen MR) is 107 cm³/mol. The summed E-state index contributed by atoms with van der Waals surface area (Å²) in [5, 5.41) is 7.04. The van der Waals surface area contributed by atoms with Crippen molar-refractivity contribution in [3.63, 3.8) is 0 Å². The molecule has 0 atom stereocenters. The first kappa shape index (κ1) is 18.4. The zero-order valence-corrected chi connectivity index (χ0v) is 16.4. The maximum absolute atomic E-state index is 6.09. The topological polar surface area (TPSA) is 33.3 Å². The molecule has 2 N–H and O–H groups in total. The number of hydrogen-bond donors (Lipinski definition) is 2. The van der Waals surface area contributed by atoms with Crippen LogP contribution in [0.15, 0.2) is 46.9 Å². The van der Waals surface area contributed by atoms with Gasteiger partial charge in [-0.15, -0.1) is 0 Å². The molecule has 1 fully saturated rings. The molecule has 0 aliphatic carbocycles. The lowest BCUT2D eigenvalue weighted by molar-refractivity contribution is 0.300. The van der Waals surface area contributed by atoms with Crippen LogP contribution >= 0.6 is 15.9 Å². The molecule has 0 aromatic heterocycles. The molecular weight excluding hydrogens is 376 g/mol. The number of rotatable bonds is 7. The second-order valence-corrected chi connectivity index (χ2v) is 7.77. The number of aryl methyl sites for hydroxylation is 1. The summed E-state index contributed by atoms with van der Waals surface area (Å²) < 4.78 is 7.18. The van der Waals surface area contributed by atoms with Gasteiger partial charge in [0.2, 0.25) is 0 Å². The van der Waals surface area contributed by atoms with Gasteiger partial charge in [0.05, 0.1) is 0 Å². The van der Waals surface area contributed by atoms with Gasteiger partial charge in [0.25, 0.3) is 0 Å². The Morgan fingerprint density at radius 1 is 1.12 bits per heavy atom. The summed E-state index contributed by atoms with van der Waals surface area (Å²) in [5.41, 5.74) is 3.67. The normalized spacial score (nSPS) is 15.3. The summed E-state index contributed by atoms with van der Waals surface area (Å²) in [6.07, 6.45) is 2.53. The lowest BCUT2D eigenvalue weighted by atomic mass is 9.98. The van der Waals surface area contributed by atoms with Crippen molar-refractivity contribution in [2.24, 2.45) is 5.92 Å². The zero-order chi connectivity index (χ0) is 17.5. The SMILES string of the molecule is Cc1ccc(COc2ccc(Br)cc2CNCC2CCNCC2)cc1. The van der Waals surface area contributed by atoms with E-state index < -0.39 is 0 Å². The molecule has 0 unspecified atom stereocenters. The minimum atomic E-state index is 0.600. The number of piperidine rings is 1. The molecule has 0 saturated carbocycles. The molecule has 1 heterocycles. The number of nitrogens with one attached hydrogen (secondary N) is 2. The van der Waals surface area contributed by atoms with Gasteiger partial charge in [-0.2, -0.15) is 0 Å². The maximum Gasteiger partial charge on any atom is 0.124 e. The van der Waals surface area contributed by atoms with Crippen molar-refractivity contribution in [3.8, 4) is 5.75 Å². The first-order valence-electron chi connectivity index (χ1n) is 9.09. The molecular formula is C21H27BrN2O. The molecule has 3 nitrogen and oxygen atoms in total. The van der Waals surface area contributed by atoms with Crippen molar-refractivity contribution < 1.29 is 4.74 Å². The Bertz CT molecular complexity index is 666. The van der Waals surface area contributed by atoms with E-state index in [0.29, 0.717) is 6.61 Å². The van der Waals surface area contributed by atoms with Gasteiger partial charge in [0, 0.05) is 16.6 Å². The van der Waals surface area contributed by atoms with Crippen LogP contribution in [0.5, 0.6) is 5.75 Å². The van der Waals surface area contributed by atoms with Crippen LogP contribution in [0.2, 0.25) is 0 Å². The summed E-state index contributed by atoms with van der Waals surface area (Å²) in [6.45, 7) is 6.91. The van der Waals surface area contributed by atoms with E-state index in [0.717, 1.165) is 42.3 Å². The van der Waals surface area contributed by atoms with Crippen LogP contribution in [0.3, 0.4) is 0 Å². The fourth-order valence-corrected chi connectivity index (χ4v) is 3.58. The highest BCUT2D eigenvalue weighted by molar-refractivity contribution is 9.10.